The van der Waals surface area contributed by atoms with Gasteiger partial charge in [0, 0.05) is 75.7 Å². The average molecular weight is 456 g/mol. The molecule has 0 amide bonds. The summed E-state index contributed by atoms with van der Waals surface area (Å²) in [6, 6.07) is 8.64. The van der Waals surface area contributed by atoms with Crippen LogP contribution >= 0.6 is 12.2 Å². The van der Waals surface area contributed by atoms with Gasteiger partial charge in [-0.1, -0.05) is 6.07 Å². The van der Waals surface area contributed by atoms with E-state index in [0.717, 1.165) is 62.9 Å². The van der Waals surface area contributed by atoms with Crippen LogP contribution in [0.3, 0.4) is 0 Å². The zero-order chi connectivity index (χ0) is 22.5. The van der Waals surface area contributed by atoms with Crippen LogP contribution in [-0.4, -0.2) is 104 Å². The molecule has 4 rings (SSSR count). The standard InChI is InChI=1S/C24H37N7S/c1-19-22-18-21(27-24(32)25-7-4-8-30-13-9-28(2)10-14-30)6-5-20(22)17-23(26-19)31-15-11-29(3)12-16-31/h5-6,17-18H,4,7-16H2,1-3H3,(H2,25,27,32). The third-order valence-corrected chi connectivity index (χ3v) is 6.87. The number of nitrogens with zero attached hydrogens (tertiary/aromatic N) is 5. The van der Waals surface area contributed by atoms with Crippen molar-refractivity contribution < 1.29 is 0 Å². The number of benzene rings is 1. The molecule has 1 aromatic heterocycles. The van der Waals surface area contributed by atoms with Crippen LogP contribution in [0, 0.1) is 6.92 Å². The second kappa shape index (κ2) is 10.7. The number of likely N-dealkylation sites (N-methyl/N-ethyl adjacent to an activating group) is 2. The number of aromatic nitrogens is 1. The molecule has 2 aliphatic rings. The number of hydrogen-bond donors (Lipinski definition) is 2. The summed E-state index contributed by atoms with van der Waals surface area (Å²) in [6.45, 7) is 13.0. The van der Waals surface area contributed by atoms with Crippen molar-refractivity contribution >= 4 is 39.6 Å². The number of rotatable bonds is 6. The minimum atomic E-state index is 0.683. The summed E-state index contributed by atoms with van der Waals surface area (Å²) in [6.07, 6.45) is 1.10. The fourth-order valence-corrected chi connectivity index (χ4v) is 4.65. The quantitative estimate of drug-likeness (QED) is 0.508. The SMILES string of the molecule is Cc1nc(N2CCN(C)CC2)cc2ccc(NC(=S)NCCCN3CCN(C)CC3)cc12. The van der Waals surface area contributed by atoms with Gasteiger partial charge in [-0.15, -0.1) is 0 Å². The highest BCUT2D eigenvalue weighted by molar-refractivity contribution is 7.80. The van der Waals surface area contributed by atoms with E-state index in [4.69, 9.17) is 17.2 Å². The Labute approximate surface area is 197 Å². The van der Waals surface area contributed by atoms with Crippen LogP contribution in [-0.2, 0) is 0 Å². The Bertz CT molecular complexity index is 918. The smallest absolute Gasteiger partial charge is 0.170 e. The van der Waals surface area contributed by atoms with Gasteiger partial charge in [0.1, 0.15) is 5.82 Å². The van der Waals surface area contributed by atoms with Crippen molar-refractivity contribution in [2.45, 2.75) is 13.3 Å². The van der Waals surface area contributed by atoms with Crippen LogP contribution in [0.2, 0.25) is 0 Å². The molecule has 2 aliphatic heterocycles. The lowest BCUT2D eigenvalue weighted by molar-refractivity contribution is 0.153. The number of thiocarbonyl (C=S) groups is 1. The molecule has 0 radical (unpaired) electrons. The summed E-state index contributed by atoms with van der Waals surface area (Å²) in [5.74, 6) is 1.08. The van der Waals surface area contributed by atoms with Gasteiger partial charge in [-0.05, 0) is 69.8 Å². The molecule has 174 valence electrons. The van der Waals surface area contributed by atoms with Crippen molar-refractivity contribution in [2.24, 2.45) is 0 Å². The molecule has 3 heterocycles. The number of anilines is 2. The fraction of sp³-hybridized carbons (Fsp3) is 0.583. The van der Waals surface area contributed by atoms with E-state index in [1.54, 1.807) is 0 Å². The molecule has 2 saturated heterocycles. The van der Waals surface area contributed by atoms with E-state index >= 15 is 0 Å². The number of pyridine rings is 1. The molecular formula is C24H37N7S. The van der Waals surface area contributed by atoms with Gasteiger partial charge in [-0.25, -0.2) is 4.98 Å². The number of fused-ring (bicyclic) bond motifs is 1. The number of nitrogens with one attached hydrogen (secondary N) is 2. The Morgan fingerprint density at radius 3 is 2.38 bits per heavy atom. The average Bonchev–Trinajstić information content (AvgIpc) is 2.79. The van der Waals surface area contributed by atoms with E-state index in [9.17, 15) is 0 Å². The van der Waals surface area contributed by atoms with Gasteiger partial charge in [0.25, 0.3) is 0 Å². The summed E-state index contributed by atoms with van der Waals surface area (Å²) in [4.78, 5) is 14.6. The fourth-order valence-electron chi connectivity index (χ4n) is 4.43. The van der Waals surface area contributed by atoms with Crippen LogP contribution in [0.15, 0.2) is 24.3 Å². The maximum atomic E-state index is 5.52. The molecule has 7 nitrogen and oxygen atoms in total. The first-order valence-corrected chi connectivity index (χ1v) is 12.2. The Kier molecular flexibility index (Phi) is 7.78. The van der Waals surface area contributed by atoms with E-state index < -0.39 is 0 Å². The lowest BCUT2D eigenvalue weighted by Crippen LogP contribution is -2.45. The number of hydrogen-bond acceptors (Lipinski definition) is 6. The van der Waals surface area contributed by atoms with Crippen LogP contribution in [0.1, 0.15) is 12.1 Å². The Morgan fingerprint density at radius 2 is 1.66 bits per heavy atom. The largest absolute Gasteiger partial charge is 0.362 e. The summed E-state index contributed by atoms with van der Waals surface area (Å²) >= 11 is 5.52. The lowest BCUT2D eigenvalue weighted by Gasteiger charge is -2.33. The summed E-state index contributed by atoms with van der Waals surface area (Å²) in [7, 11) is 4.37. The molecule has 1 aromatic carbocycles. The highest BCUT2D eigenvalue weighted by Gasteiger charge is 2.17. The Morgan fingerprint density at radius 1 is 0.969 bits per heavy atom. The zero-order valence-corrected chi connectivity index (χ0v) is 20.5. The van der Waals surface area contributed by atoms with Crippen molar-refractivity contribution in [1.29, 1.82) is 0 Å². The van der Waals surface area contributed by atoms with Gasteiger partial charge in [-0.2, -0.15) is 0 Å². The van der Waals surface area contributed by atoms with Gasteiger partial charge in [0.15, 0.2) is 5.11 Å². The first kappa shape index (κ1) is 23.2. The topological polar surface area (TPSA) is 49.9 Å². The third kappa shape index (κ3) is 6.07. The predicted molar refractivity (Wildman–Crippen MR) is 139 cm³/mol. The van der Waals surface area contributed by atoms with Crippen LogP contribution < -0.4 is 15.5 Å². The Hall–Kier alpha value is -2.00. The molecule has 2 aromatic rings. The summed E-state index contributed by atoms with van der Waals surface area (Å²) in [5.41, 5.74) is 2.07. The monoisotopic (exact) mass is 455 g/mol. The molecule has 32 heavy (non-hydrogen) atoms. The van der Waals surface area contributed by atoms with E-state index in [1.165, 1.54) is 37.0 Å². The van der Waals surface area contributed by atoms with E-state index in [2.05, 4.69) is 75.5 Å². The van der Waals surface area contributed by atoms with Crippen molar-refractivity contribution in [3.05, 3.63) is 30.0 Å². The van der Waals surface area contributed by atoms with Gasteiger partial charge in [0.05, 0.1) is 0 Å². The molecule has 0 bridgehead atoms. The second-order valence-corrected chi connectivity index (χ2v) is 9.58. The van der Waals surface area contributed by atoms with Crippen molar-refractivity contribution in [3.8, 4) is 0 Å². The van der Waals surface area contributed by atoms with Crippen LogP contribution in [0.25, 0.3) is 10.8 Å². The number of piperazine rings is 2. The van der Waals surface area contributed by atoms with Crippen LogP contribution in [0.5, 0.6) is 0 Å². The predicted octanol–water partition coefficient (Wildman–Crippen LogP) is 2.22. The highest BCUT2D eigenvalue weighted by Crippen LogP contribution is 2.26. The van der Waals surface area contributed by atoms with Gasteiger partial charge in [-0.3, -0.25) is 0 Å². The molecular weight excluding hydrogens is 418 g/mol. The minimum absolute atomic E-state index is 0.683. The zero-order valence-electron chi connectivity index (χ0n) is 19.7. The minimum Gasteiger partial charge on any atom is -0.362 e. The van der Waals surface area contributed by atoms with Gasteiger partial charge < -0.3 is 30.2 Å². The molecule has 0 atom stereocenters. The van der Waals surface area contributed by atoms with Crippen LogP contribution in [0.4, 0.5) is 11.5 Å². The van der Waals surface area contributed by atoms with Crippen molar-refractivity contribution in [1.82, 2.24) is 25.0 Å². The van der Waals surface area contributed by atoms with Crippen molar-refractivity contribution in [3.63, 3.8) is 0 Å². The first-order valence-electron chi connectivity index (χ1n) is 11.8. The highest BCUT2D eigenvalue weighted by atomic mass is 32.1. The van der Waals surface area contributed by atoms with Gasteiger partial charge in [0.2, 0.25) is 0 Å². The molecule has 0 saturated carbocycles. The summed E-state index contributed by atoms with van der Waals surface area (Å²) < 4.78 is 0. The maximum absolute atomic E-state index is 5.52. The van der Waals surface area contributed by atoms with E-state index in [1.807, 2.05) is 0 Å². The Balaban J connectivity index is 1.29. The molecule has 2 fully saturated rings. The lowest BCUT2D eigenvalue weighted by atomic mass is 10.1. The normalized spacial score (nSPS) is 18.8. The first-order chi connectivity index (χ1) is 15.5. The molecule has 8 heteroatoms. The van der Waals surface area contributed by atoms with E-state index in [0.29, 0.717) is 5.11 Å². The number of aryl methyl sites for hydroxylation is 1. The molecule has 0 spiro atoms. The third-order valence-electron chi connectivity index (χ3n) is 6.63. The molecule has 0 unspecified atom stereocenters. The van der Waals surface area contributed by atoms with E-state index in [-0.39, 0.29) is 0 Å². The molecule has 0 aliphatic carbocycles. The second-order valence-electron chi connectivity index (χ2n) is 9.17. The molecule has 2 N–H and O–H groups in total. The summed E-state index contributed by atoms with van der Waals surface area (Å²) in [5, 5.41) is 9.78. The maximum Gasteiger partial charge on any atom is 0.170 e. The van der Waals surface area contributed by atoms with Gasteiger partial charge >= 0.3 is 0 Å². The van der Waals surface area contributed by atoms with Crippen molar-refractivity contribution in [2.75, 3.05) is 89.8 Å².